The molecule has 2 rings (SSSR count). The first-order chi connectivity index (χ1) is 9.10. The van der Waals surface area contributed by atoms with E-state index in [1.54, 1.807) is 24.3 Å². The summed E-state index contributed by atoms with van der Waals surface area (Å²) in [5.41, 5.74) is 0.932. The minimum absolute atomic E-state index is 0.0224. The Kier molecular flexibility index (Phi) is 3.44. The number of phenols is 1. The molecule has 2 N–H and O–H groups in total. The highest BCUT2D eigenvalue weighted by atomic mass is 19.1. The van der Waals surface area contributed by atoms with Crippen molar-refractivity contribution in [1.29, 1.82) is 5.26 Å². The first-order valence-corrected chi connectivity index (χ1v) is 5.40. The molecule has 0 saturated carbocycles. The Hall–Kier alpha value is -2.87. The fraction of sp³-hybridized carbons (Fsp3) is 0. The molecule has 0 aliphatic rings. The van der Waals surface area contributed by atoms with Gasteiger partial charge in [-0.05, 0) is 36.4 Å². The molecule has 0 aliphatic carbocycles. The average Bonchev–Trinajstić information content (AvgIpc) is 2.39. The minimum atomic E-state index is -0.618. The smallest absolute Gasteiger partial charge is 0.259 e. The zero-order chi connectivity index (χ0) is 13.8. The van der Waals surface area contributed by atoms with E-state index in [9.17, 15) is 14.3 Å². The number of halogens is 1. The number of hydrogen-bond acceptors (Lipinski definition) is 3. The molecule has 0 spiro atoms. The number of nitriles is 1. The van der Waals surface area contributed by atoms with Gasteiger partial charge in [0, 0.05) is 11.8 Å². The van der Waals surface area contributed by atoms with E-state index in [0.717, 1.165) is 12.1 Å². The van der Waals surface area contributed by atoms with E-state index in [4.69, 9.17) is 5.26 Å². The third-order valence-electron chi connectivity index (χ3n) is 2.48. The third kappa shape index (κ3) is 2.87. The highest BCUT2D eigenvalue weighted by Gasteiger charge is 2.11. The highest BCUT2D eigenvalue weighted by Crippen LogP contribution is 2.19. The summed E-state index contributed by atoms with van der Waals surface area (Å²) in [6.45, 7) is 0. The van der Waals surface area contributed by atoms with Gasteiger partial charge < -0.3 is 10.4 Å². The van der Waals surface area contributed by atoms with Crippen molar-refractivity contribution >= 4 is 11.6 Å². The van der Waals surface area contributed by atoms with Crippen LogP contribution in [0.5, 0.6) is 5.75 Å². The van der Waals surface area contributed by atoms with E-state index in [1.807, 2.05) is 6.07 Å². The summed E-state index contributed by atoms with van der Waals surface area (Å²) in [7, 11) is 0. The molecule has 0 saturated heterocycles. The van der Waals surface area contributed by atoms with Gasteiger partial charge in [-0.1, -0.05) is 0 Å². The van der Waals surface area contributed by atoms with Gasteiger partial charge in [0.15, 0.2) is 0 Å². The average molecular weight is 256 g/mol. The van der Waals surface area contributed by atoms with Crippen molar-refractivity contribution in [2.45, 2.75) is 0 Å². The van der Waals surface area contributed by atoms with E-state index >= 15 is 0 Å². The highest BCUT2D eigenvalue weighted by molar-refractivity contribution is 6.06. The first-order valence-electron chi connectivity index (χ1n) is 5.40. The second-order valence-electron chi connectivity index (χ2n) is 3.80. The van der Waals surface area contributed by atoms with Gasteiger partial charge in [0.25, 0.3) is 5.91 Å². The van der Waals surface area contributed by atoms with Gasteiger partial charge in [0.05, 0.1) is 17.2 Å². The summed E-state index contributed by atoms with van der Waals surface area (Å²) in [4.78, 5) is 11.8. The van der Waals surface area contributed by atoms with E-state index < -0.39 is 17.5 Å². The molecule has 0 aliphatic heterocycles. The van der Waals surface area contributed by atoms with Crippen molar-refractivity contribution in [3.8, 4) is 11.8 Å². The molecule has 0 unspecified atom stereocenters. The van der Waals surface area contributed by atoms with E-state index in [-0.39, 0.29) is 5.56 Å². The van der Waals surface area contributed by atoms with Crippen molar-refractivity contribution < 1.29 is 14.3 Å². The molecule has 4 nitrogen and oxygen atoms in total. The van der Waals surface area contributed by atoms with Crippen LogP contribution in [-0.4, -0.2) is 11.0 Å². The van der Waals surface area contributed by atoms with E-state index in [1.165, 1.54) is 6.07 Å². The number of hydrogen-bond donors (Lipinski definition) is 2. The number of aromatic hydroxyl groups is 1. The second-order valence-corrected chi connectivity index (χ2v) is 3.80. The third-order valence-corrected chi connectivity index (χ3v) is 2.48. The van der Waals surface area contributed by atoms with Crippen LogP contribution in [0, 0.1) is 17.1 Å². The molecule has 19 heavy (non-hydrogen) atoms. The number of rotatable bonds is 2. The quantitative estimate of drug-likeness (QED) is 0.867. The molecule has 2 aromatic carbocycles. The summed E-state index contributed by atoms with van der Waals surface area (Å²) in [5.74, 6) is -1.60. The number of nitrogens with zero attached hydrogens (tertiary/aromatic N) is 1. The molecule has 0 aromatic heterocycles. The molecular formula is C14H9FN2O2. The van der Waals surface area contributed by atoms with Crippen molar-refractivity contribution in [3.05, 3.63) is 59.4 Å². The molecule has 0 atom stereocenters. The Morgan fingerprint density at radius 2 is 1.89 bits per heavy atom. The Morgan fingerprint density at radius 3 is 2.47 bits per heavy atom. The van der Waals surface area contributed by atoms with Gasteiger partial charge in [0.2, 0.25) is 0 Å². The van der Waals surface area contributed by atoms with Crippen molar-refractivity contribution in [3.63, 3.8) is 0 Å². The zero-order valence-corrected chi connectivity index (χ0v) is 9.72. The van der Waals surface area contributed by atoms with Crippen LogP contribution < -0.4 is 5.32 Å². The SMILES string of the molecule is N#Cc1ccc(NC(=O)c2ccc(F)cc2O)cc1. The standard InChI is InChI=1S/C14H9FN2O2/c15-10-3-6-12(13(18)7-10)14(19)17-11-4-1-9(8-16)2-5-11/h1-7,18H,(H,17,19). The fourth-order valence-corrected chi connectivity index (χ4v) is 1.52. The molecule has 5 heteroatoms. The van der Waals surface area contributed by atoms with Crippen LogP contribution in [0.3, 0.4) is 0 Å². The van der Waals surface area contributed by atoms with Crippen LogP contribution in [0.15, 0.2) is 42.5 Å². The number of amides is 1. The first kappa shape index (κ1) is 12.6. The molecule has 0 bridgehead atoms. The van der Waals surface area contributed by atoms with Gasteiger partial charge >= 0.3 is 0 Å². The van der Waals surface area contributed by atoms with Crippen molar-refractivity contribution in [2.24, 2.45) is 0 Å². The predicted molar refractivity (Wildman–Crippen MR) is 67.2 cm³/mol. The predicted octanol–water partition coefficient (Wildman–Crippen LogP) is 2.66. The van der Waals surface area contributed by atoms with Gasteiger partial charge in [-0.15, -0.1) is 0 Å². The summed E-state index contributed by atoms with van der Waals surface area (Å²) in [5, 5.41) is 20.7. The number of benzene rings is 2. The lowest BCUT2D eigenvalue weighted by Crippen LogP contribution is -2.12. The Balaban J connectivity index is 2.18. The molecule has 94 valence electrons. The van der Waals surface area contributed by atoms with Crippen LogP contribution >= 0.6 is 0 Å². The maximum Gasteiger partial charge on any atom is 0.259 e. The number of anilines is 1. The molecular weight excluding hydrogens is 247 g/mol. The number of carbonyl (C=O) groups excluding carboxylic acids is 1. The Bertz CT molecular complexity index is 660. The zero-order valence-electron chi connectivity index (χ0n) is 9.72. The molecule has 0 radical (unpaired) electrons. The van der Waals surface area contributed by atoms with Gasteiger partial charge in [-0.25, -0.2) is 4.39 Å². The van der Waals surface area contributed by atoms with Crippen molar-refractivity contribution in [2.75, 3.05) is 5.32 Å². The van der Waals surface area contributed by atoms with Crippen LogP contribution in [0.2, 0.25) is 0 Å². The summed E-state index contributed by atoms with van der Waals surface area (Å²) in [6.07, 6.45) is 0. The molecule has 0 fully saturated rings. The van der Waals surface area contributed by atoms with Crippen LogP contribution in [-0.2, 0) is 0 Å². The Morgan fingerprint density at radius 1 is 1.21 bits per heavy atom. The number of nitrogens with one attached hydrogen (secondary N) is 1. The largest absolute Gasteiger partial charge is 0.507 e. The van der Waals surface area contributed by atoms with Crippen molar-refractivity contribution in [1.82, 2.24) is 0 Å². The monoisotopic (exact) mass is 256 g/mol. The van der Waals surface area contributed by atoms with Crippen LogP contribution in [0.4, 0.5) is 10.1 Å². The summed E-state index contributed by atoms with van der Waals surface area (Å²) >= 11 is 0. The minimum Gasteiger partial charge on any atom is -0.507 e. The van der Waals surface area contributed by atoms with Gasteiger partial charge in [-0.3, -0.25) is 4.79 Å². The lowest BCUT2D eigenvalue weighted by molar-refractivity contribution is 0.102. The maximum atomic E-state index is 12.8. The fourth-order valence-electron chi connectivity index (χ4n) is 1.52. The number of carbonyl (C=O) groups is 1. The van der Waals surface area contributed by atoms with Crippen LogP contribution in [0.1, 0.15) is 15.9 Å². The van der Waals surface area contributed by atoms with Gasteiger partial charge in [0.1, 0.15) is 11.6 Å². The van der Waals surface area contributed by atoms with E-state index in [0.29, 0.717) is 11.3 Å². The summed E-state index contributed by atoms with van der Waals surface area (Å²) in [6, 6.07) is 11.4. The van der Waals surface area contributed by atoms with Gasteiger partial charge in [-0.2, -0.15) is 5.26 Å². The van der Waals surface area contributed by atoms with Crippen LogP contribution in [0.25, 0.3) is 0 Å². The van der Waals surface area contributed by atoms with E-state index in [2.05, 4.69) is 5.32 Å². The lowest BCUT2D eigenvalue weighted by atomic mass is 10.1. The Labute approximate surface area is 108 Å². The normalized spacial score (nSPS) is 9.68. The molecule has 1 amide bonds. The maximum absolute atomic E-state index is 12.8. The lowest BCUT2D eigenvalue weighted by Gasteiger charge is -2.06. The number of phenolic OH excluding ortho intramolecular Hbond substituents is 1. The topological polar surface area (TPSA) is 73.1 Å². The molecule has 2 aromatic rings. The molecule has 0 heterocycles. The second kappa shape index (κ2) is 5.19. The summed E-state index contributed by atoms with van der Waals surface area (Å²) < 4.78 is 12.8.